The number of unbranched alkanes of at least 4 members (excludes halogenated alkanes) is 31. The van der Waals surface area contributed by atoms with Crippen LogP contribution in [-0.2, 0) is 28.6 Å². The van der Waals surface area contributed by atoms with Gasteiger partial charge in [0, 0.05) is 19.3 Å². The van der Waals surface area contributed by atoms with Crippen LogP contribution in [0.25, 0.3) is 0 Å². The molecule has 0 saturated heterocycles. The van der Waals surface area contributed by atoms with Crippen molar-refractivity contribution in [2.45, 2.75) is 277 Å². The van der Waals surface area contributed by atoms with Gasteiger partial charge in [0.2, 0.25) is 0 Å². The third-order valence-electron chi connectivity index (χ3n) is 11.4. The Hall–Kier alpha value is -2.37. The first-order valence-electron chi connectivity index (χ1n) is 26.0. The Kier molecular flexibility index (Phi) is 47.3. The van der Waals surface area contributed by atoms with Crippen molar-refractivity contribution >= 4 is 17.9 Å². The summed E-state index contributed by atoms with van der Waals surface area (Å²) in [4.78, 5) is 37.9. The van der Waals surface area contributed by atoms with Gasteiger partial charge in [0.1, 0.15) is 13.2 Å². The molecule has 6 heteroatoms. The van der Waals surface area contributed by atoms with Gasteiger partial charge in [0.05, 0.1) is 0 Å². The monoisotopic (exact) mass is 843 g/mol. The number of esters is 3. The van der Waals surface area contributed by atoms with E-state index in [2.05, 4.69) is 57.2 Å². The fraction of sp³-hybridized carbons (Fsp3) is 0.833. The van der Waals surface area contributed by atoms with E-state index in [4.69, 9.17) is 14.2 Å². The molecule has 1 unspecified atom stereocenters. The lowest BCUT2D eigenvalue weighted by atomic mass is 10.0. The van der Waals surface area contributed by atoms with E-state index in [1.165, 1.54) is 135 Å². The average molecular weight is 843 g/mol. The van der Waals surface area contributed by atoms with Gasteiger partial charge in [-0.2, -0.15) is 0 Å². The number of hydrogen-bond acceptors (Lipinski definition) is 6. The number of allylic oxidation sites excluding steroid dienone is 6. The van der Waals surface area contributed by atoms with Crippen LogP contribution in [0.15, 0.2) is 36.5 Å². The fourth-order valence-electron chi connectivity index (χ4n) is 7.41. The van der Waals surface area contributed by atoms with Crippen molar-refractivity contribution in [3.8, 4) is 0 Å². The zero-order valence-electron chi connectivity index (χ0n) is 40.0. The van der Waals surface area contributed by atoms with Crippen molar-refractivity contribution in [2.24, 2.45) is 0 Å². The molecule has 0 bridgehead atoms. The van der Waals surface area contributed by atoms with Crippen molar-refractivity contribution in [2.75, 3.05) is 13.2 Å². The Labute approximate surface area is 372 Å². The standard InChI is InChI=1S/C54H98O6/c1-4-7-10-13-16-19-22-24-26-27-28-29-31-32-35-38-41-44-47-53(56)59-50-51(49-58-52(55)46-43-40-37-34-21-18-15-12-9-6-3)60-54(57)48-45-42-39-36-33-30-25-23-20-17-14-11-8-5-2/h15,18,26-29,51H,4-14,16-17,19-25,30-50H2,1-3H3/b18-15-,27-26-,29-28-. The lowest BCUT2D eigenvalue weighted by molar-refractivity contribution is -0.167. The predicted octanol–water partition coefficient (Wildman–Crippen LogP) is 16.9. The Morgan fingerprint density at radius 1 is 0.333 bits per heavy atom. The first-order chi connectivity index (χ1) is 29.5. The Morgan fingerprint density at radius 2 is 0.617 bits per heavy atom. The minimum atomic E-state index is -0.778. The number of hydrogen-bond donors (Lipinski definition) is 0. The maximum absolute atomic E-state index is 12.8. The minimum Gasteiger partial charge on any atom is -0.462 e. The van der Waals surface area contributed by atoms with Gasteiger partial charge in [0.25, 0.3) is 0 Å². The maximum atomic E-state index is 12.8. The predicted molar refractivity (Wildman–Crippen MR) is 256 cm³/mol. The van der Waals surface area contributed by atoms with Gasteiger partial charge in [-0.05, 0) is 64.2 Å². The maximum Gasteiger partial charge on any atom is 0.306 e. The van der Waals surface area contributed by atoms with Crippen LogP contribution in [-0.4, -0.2) is 37.2 Å². The fourth-order valence-corrected chi connectivity index (χ4v) is 7.41. The Bertz CT molecular complexity index is 1020. The molecule has 0 aliphatic heterocycles. The Morgan fingerprint density at radius 3 is 0.983 bits per heavy atom. The Balaban J connectivity index is 4.34. The normalized spacial score (nSPS) is 12.2. The topological polar surface area (TPSA) is 78.9 Å². The van der Waals surface area contributed by atoms with Gasteiger partial charge in [-0.3, -0.25) is 14.4 Å². The minimum absolute atomic E-state index is 0.0808. The van der Waals surface area contributed by atoms with Crippen molar-refractivity contribution in [3.05, 3.63) is 36.5 Å². The second-order valence-corrected chi connectivity index (χ2v) is 17.5. The van der Waals surface area contributed by atoms with Crippen LogP contribution in [0.2, 0.25) is 0 Å². The molecule has 0 amide bonds. The highest BCUT2D eigenvalue weighted by Gasteiger charge is 2.19. The molecule has 0 radical (unpaired) electrons. The van der Waals surface area contributed by atoms with E-state index in [0.717, 1.165) is 96.3 Å². The van der Waals surface area contributed by atoms with Crippen LogP contribution in [0, 0.1) is 0 Å². The number of carbonyl (C=O) groups is 3. The largest absolute Gasteiger partial charge is 0.462 e. The van der Waals surface area contributed by atoms with Crippen molar-refractivity contribution in [3.63, 3.8) is 0 Å². The van der Waals surface area contributed by atoms with Gasteiger partial charge >= 0.3 is 17.9 Å². The molecule has 0 rings (SSSR count). The quantitative estimate of drug-likeness (QED) is 0.0200. The van der Waals surface area contributed by atoms with E-state index < -0.39 is 6.10 Å². The summed E-state index contributed by atoms with van der Waals surface area (Å²) in [5.41, 5.74) is 0. The van der Waals surface area contributed by atoms with E-state index in [-0.39, 0.29) is 31.1 Å². The van der Waals surface area contributed by atoms with Crippen LogP contribution >= 0.6 is 0 Å². The summed E-state index contributed by atoms with van der Waals surface area (Å²) in [7, 11) is 0. The van der Waals surface area contributed by atoms with Crippen LogP contribution in [0.1, 0.15) is 271 Å². The first-order valence-corrected chi connectivity index (χ1v) is 26.0. The highest BCUT2D eigenvalue weighted by Crippen LogP contribution is 2.15. The van der Waals surface area contributed by atoms with Crippen LogP contribution < -0.4 is 0 Å². The first kappa shape index (κ1) is 57.6. The third kappa shape index (κ3) is 46.7. The third-order valence-corrected chi connectivity index (χ3v) is 11.4. The molecule has 0 aromatic heterocycles. The van der Waals surface area contributed by atoms with Crippen LogP contribution in [0.4, 0.5) is 0 Å². The number of ether oxygens (including phenoxy) is 3. The molecule has 0 aliphatic carbocycles. The van der Waals surface area contributed by atoms with Crippen LogP contribution in [0.5, 0.6) is 0 Å². The van der Waals surface area contributed by atoms with E-state index in [1.54, 1.807) is 0 Å². The van der Waals surface area contributed by atoms with E-state index in [9.17, 15) is 14.4 Å². The second-order valence-electron chi connectivity index (χ2n) is 17.5. The molecular formula is C54H98O6. The summed E-state index contributed by atoms with van der Waals surface area (Å²) >= 11 is 0. The molecule has 350 valence electrons. The van der Waals surface area contributed by atoms with Crippen molar-refractivity contribution in [1.29, 1.82) is 0 Å². The number of rotatable bonds is 47. The van der Waals surface area contributed by atoms with Gasteiger partial charge in [-0.1, -0.05) is 224 Å². The SMILES string of the molecule is CCCC/C=C\CCCCCCC(=O)OCC(COC(=O)CCCCCCC/C=C\C=C/CCCCCCCCC)OC(=O)CCCCCCCCCCCCCCCC. The lowest BCUT2D eigenvalue weighted by Gasteiger charge is -2.18. The second kappa shape index (κ2) is 49.3. The molecule has 0 aliphatic rings. The lowest BCUT2D eigenvalue weighted by Crippen LogP contribution is -2.30. The molecule has 0 N–H and O–H groups in total. The smallest absolute Gasteiger partial charge is 0.306 e. The van der Waals surface area contributed by atoms with E-state index in [1.807, 2.05) is 0 Å². The number of carbonyl (C=O) groups excluding carboxylic acids is 3. The van der Waals surface area contributed by atoms with Crippen LogP contribution in [0.3, 0.4) is 0 Å². The van der Waals surface area contributed by atoms with E-state index >= 15 is 0 Å². The van der Waals surface area contributed by atoms with Gasteiger partial charge < -0.3 is 14.2 Å². The molecule has 0 heterocycles. The summed E-state index contributed by atoms with van der Waals surface area (Å²) in [6, 6.07) is 0. The zero-order chi connectivity index (χ0) is 43.7. The summed E-state index contributed by atoms with van der Waals surface area (Å²) in [5, 5.41) is 0. The summed E-state index contributed by atoms with van der Waals surface area (Å²) in [6.45, 7) is 6.58. The molecular weight excluding hydrogens is 745 g/mol. The average Bonchev–Trinajstić information content (AvgIpc) is 3.24. The molecule has 1 atom stereocenters. The summed E-state index contributed by atoms with van der Waals surface area (Å²) < 4.78 is 16.8. The van der Waals surface area contributed by atoms with Gasteiger partial charge in [-0.15, -0.1) is 0 Å². The molecule has 0 fully saturated rings. The molecule has 0 saturated carbocycles. The van der Waals surface area contributed by atoms with E-state index in [0.29, 0.717) is 19.3 Å². The molecule has 6 nitrogen and oxygen atoms in total. The zero-order valence-corrected chi connectivity index (χ0v) is 40.0. The van der Waals surface area contributed by atoms with Gasteiger partial charge in [-0.25, -0.2) is 0 Å². The van der Waals surface area contributed by atoms with Crippen molar-refractivity contribution in [1.82, 2.24) is 0 Å². The summed E-state index contributed by atoms with van der Waals surface area (Å²) in [5.74, 6) is -0.899. The van der Waals surface area contributed by atoms with Gasteiger partial charge in [0.15, 0.2) is 6.10 Å². The molecule has 0 spiro atoms. The molecule has 60 heavy (non-hydrogen) atoms. The molecule has 0 aromatic rings. The molecule has 0 aromatic carbocycles. The van der Waals surface area contributed by atoms with Crippen molar-refractivity contribution < 1.29 is 28.6 Å². The highest BCUT2D eigenvalue weighted by molar-refractivity contribution is 5.71. The highest BCUT2D eigenvalue weighted by atomic mass is 16.6. The summed E-state index contributed by atoms with van der Waals surface area (Å²) in [6.07, 6.45) is 57.0.